The average Bonchev–Trinajstić information content (AvgIpc) is 1.04. The van der Waals surface area contributed by atoms with E-state index in [1.807, 2.05) is 69.1 Å². The third kappa shape index (κ3) is 24.9. The number of likely N-dealkylation sites (tertiary alicyclic amines) is 3. The number of halogens is 2. The number of aromatic amines is 1. The van der Waals surface area contributed by atoms with E-state index in [2.05, 4.69) is 39.2 Å². The molecular weight excluding hydrogens is 1220 g/mol. The summed E-state index contributed by atoms with van der Waals surface area (Å²) in [7, 11) is 5.80. The van der Waals surface area contributed by atoms with E-state index in [0.29, 0.717) is 92.8 Å². The molecule has 22 heteroatoms. The average molecular weight is 1330 g/mol. The highest BCUT2D eigenvalue weighted by atomic mass is 31.0. The molecule has 2 aliphatic carbocycles. The fourth-order valence-electron chi connectivity index (χ4n) is 12.3. The lowest BCUT2D eigenvalue weighted by Crippen LogP contribution is -2.54. The highest BCUT2D eigenvalue weighted by Crippen LogP contribution is 2.36. The maximum Gasteiger partial charge on any atom is 0.272 e. The summed E-state index contributed by atoms with van der Waals surface area (Å²) in [4.78, 5) is 108. The van der Waals surface area contributed by atoms with Gasteiger partial charge in [-0.1, -0.05) is 102 Å². The summed E-state index contributed by atoms with van der Waals surface area (Å²) in [5.74, 6) is 0.0104. The molecule has 94 heavy (non-hydrogen) atoms. The van der Waals surface area contributed by atoms with E-state index < -0.39 is 17.8 Å². The first-order valence-corrected chi connectivity index (χ1v) is 34.3. The van der Waals surface area contributed by atoms with Gasteiger partial charge in [0.05, 0.1) is 35.4 Å². The molecule has 10 rings (SSSR count). The number of amides is 6. The largest absolute Gasteiger partial charge is 0.375 e. The number of piperazine rings is 1. The molecule has 4 aromatic rings. The van der Waals surface area contributed by atoms with Gasteiger partial charge in [-0.3, -0.25) is 38.5 Å². The minimum absolute atomic E-state index is 0. The van der Waals surface area contributed by atoms with Crippen molar-refractivity contribution in [2.45, 2.75) is 175 Å². The Bertz CT molecular complexity index is 3050. The molecule has 0 radical (unpaired) electrons. The zero-order chi connectivity index (χ0) is 68.0. The number of hydrogen-bond acceptors (Lipinski definition) is 12. The van der Waals surface area contributed by atoms with Crippen LogP contribution in [0.5, 0.6) is 0 Å². The fourth-order valence-corrected chi connectivity index (χ4v) is 12.3. The van der Waals surface area contributed by atoms with Gasteiger partial charge < -0.3 is 44.2 Å². The van der Waals surface area contributed by atoms with Crippen molar-refractivity contribution in [2.75, 3.05) is 106 Å². The minimum atomic E-state index is -0.605. The molecule has 2 saturated carbocycles. The highest BCUT2D eigenvalue weighted by Gasteiger charge is 2.38. The Kier molecular flexibility index (Phi) is 35.8. The zero-order valence-corrected chi connectivity index (χ0v) is 59.5. The lowest BCUT2D eigenvalue weighted by Gasteiger charge is -2.39. The smallest absolute Gasteiger partial charge is 0.272 e. The van der Waals surface area contributed by atoms with Crippen LogP contribution in [-0.2, 0) is 39.9 Å². The Balaban J connectivity index is 0.000000391. The molecule has 19 nitrogen and oxygen atoms in total. The van der Waals surface area contributed by atoms with Crippen LogP contribution in [-0.4, -0.2) is 211 Å². The van der Waals surface area contributed by atoms with Crippen molar-refractivity contribution in [3.05, 3.63) is 111 Å². The van der Waals surface area contributed by atoms with Crippen LogP contribution in [0.1, 0.15) is 177 Å². The first-order chi connectivity index (χ1) is 44.8. The number of nitrogens with zero attached hydrogens (tertiary/aromatic N) is 8. The molecule has 4 aliphatic heterocycles. The molecule has 3 unspecified atom stereocenters. The number of fused-ring (bicyclic) bond motifs is 1. The molecule has 3 atom stereocenters. The molecule has 1 aromatic heterocycles. The Morgan fingerprint density at radius 1 is 0.723 bits per heavy atom. The number of aromatic nitrogens is 2. The van der Waals surface area contributed by atoms with Gasteiger partial charge in [0, 0.05) is 116 Å². The number of rotatable bonds is 17. The summed E-state index contributed by atoms with van der Waals surface area (Å²) in [6, 6.07) is 16.8. The van der Waals surface area contributed by atoms with Crippen LogP contribution in [0, 0.1) is 30.4 Å². The number of aldehydes is 1. The number of carbonyl (C=O) groups is 7. The molecule has 6 amide bonds. The van der Waals surface area contributed by atoms with Crippen LogP contribution in [0.25, 0.3) is 10.8 Å². The second-order valence-electron chi connectivity index (χ2n) is 25.4. The van der Waals surface area contributed by atoms with Gasteiger partial charge >= 0.3 is 0 Å². The maximum absolute atomic E-state index is 15.0. The number of hydrogen-bond donors (Lipinski definition) is 2. The summed E-state index contributed by atoms with van der Waals surface area (Å²) in [6.45, 7) is 20.9. The SMILES string of the molecule is CC.CC(=O)N(C)CCN(C)C.CC=O.CCCC.Cc1cccc(C2CCCN(C(=O)C3CC3)C2)c1F.O=CNC(C(=O)N1CCC(OC2CCN(CC(=O)N3CCN(C(=O)c4cc(Cc5n[nH]c(=O)c6ccccc56)ccc4F)CC3)CC2)CC1)C1CCCCC1.P. The van der Waals surface area contributed by atoms with Crippen molar-refractivity contribution >= 4 is 62.9 Å². The van der Waals surface area contributed by atoms with Crippen molar-refractivity contribution in [1.82, 2.24) is 49.8 Å². The van der Waals surface area contributed by atoms with Crippen molar-refractivity contribution < 1.29 is 47.1 Å². The Morgan fingerprint density at radius 3 is 1.91 bits per heavy atom. The summed E-state index contributed by atoms with van der Waals surface area (Å²) >= 11 is 0. The minimum Gasteiger partial charge on any atom is -0.375 e. The number of aryl methyl sites for hydroxylation is 1. The lowest BCUT2D eigenvalue weighted by molar-refractivity contribution is -0.141. The van der Waals surface area contributed by atoms with E-state index in [1.54, 1.807) is 58.9 Å². The molecule has 522 valence electrons. The van der Waals surface area contributed by atoms with Gasteiger partial charge in [-0.2, -0.15) is 15.0 Å². The topological polar surface area (TPSA) is 209 Å². The standard InChI is InChI=1S/C41H52FN7O6.C16H20FNO.C7H16N2O.C4H10.C2H4O.C2H6.H3P/c42-35-11-10-28(25-36-32-8-4-5-9-33(32)39(52)45-44-36)24-34(35)40(53)49-22-20-47(21-23-49)37(51)26-46-16-12-30(13-17-46)55-31-14-18-48(19-15-31)41(54)38(43-27-50)29-6-2-1-3-7-29;1-11-4-2-6-14(15(11)17)13-5-3-9-18(10-13)16(19)12-7-8-12;1-7(10)9(4)6-5-8(2)3;1-3-4-2;1-2-3;1-2;/h4-5,8-11,24,27,29-31,38H,1-3,6-7,12-23,25-26H2,(H,43,50)(H,45,52);2,4,6,12-13H,3,5,7-10H2,1H3;5-6H2,1-4H3;3-4H2,1-2H3;2H,1H3;1-2H3;1H3. The number of nitrogens with one attached hydrogen (secondary N) is 2. The Labute approximate surface area is 561 Å². The second kappa shape index (κ2) is 42.1. The monoisotopic (exact) mass is 1330 g/mol. The second-order valence-corrected chi connectivity index (χ2v) is 25.4. The summed E-state index contributed by atoms with van der Waals surface area (Å²) in [6.07, 6.45) is 17.2. The molecule has 0 bridgehead atoms. The van der Waals surface area contributed by atoms with Gasteiger partial charge in [0.15, 0.2) is 0 Å². The molecule has 0 spiro atoms. The number of likely N-dealkylation sites (N-methyl/N-ethyl adjacent to an activating group) is 2. The summed E-state index contributed by atoms with van der Waals surface area (Å²) in [5.41, 5.74) is 2.50. The van der Waals surface area contributed by atoms with Crippen LogP contribution in [0.2, 0.25) is 0 Å². The Hall–Kier alpha value is -6.54. The van der Waals surface area contributed by atoms with Crippen molar-refractivity contribution in [3.8, 4) is 0 Å². The highest BCUT2D eigenvalue weighted by molar-refractivity contribution is 6.92. The third-order valence-electron chi connectivity index (χ3n) is 18.2. The van der Waals surface area contributed by atoms with Crippen LogP contribution < -0.4 is 10.9 Å². The molecule has 6 fully saturated rings. The van der Waals surface area contributed by atoms with Gasteiger partial charge in [0.1, 0.15) is 24.0 Å². The van der Waals surface area contributed by atoms with Crippen molar-refractivity contribution in [3.63, 3.8) is 0 Å². The van der Waals surface area contributed by atoms with Gasteiger partial charge in [-0.15, -0.1) is 0 Å². The molecule has 4 saturated heterocycles. The molecule has 6 aliphatic rings. The van der Waals surface area contributed by atoms with Crippen LogP contribution >= 0.6 is 9.90 Å². The number of unbranched alkanes of at least 4 members (excludes halogenated alkanes) is 1. The number of H-pyrrole nitrogens is 1. The predicted molar refractivity (Wildman–Crippen MR) is 373 cm³/mol. The molecular formula is C72H111F2N10O9P. The molecule has 5 heterocycles. The molecule has 2 N–H and O–H groups in total. The van der Waals surface area contributed by atoms with Crippen LogP contribution in [0.3, 0.4) is 0 Å². The number of carbonyl (C=O) groups excluding carboxylic acids is 7. The van der Waals surface area contributed by atoms with E-state index >= 15 is 0 Å². The number of ether oxygens (including phenoxy) is 1. The van der Waals surface area contributed by atoms with E-state index in [1.165, 1.54) is 32.3 Å². The maximum atomic E-state index is 15.0. The fraction of sp³-hybridized carbons (Fsp3) is 0.625. The van der Waals surface area contributed by atoms with Crippen LogP contribution in [0.4, 0.5) is 8.78 Å². The van der Waals surface area contributed by atoms with E-state index in [4.69, 9.17) is 9.53 Å². The molecule has 3 aromatic carbocycles. The first kappa shape index (κ1) is 79.9. The normalized spacial score (nSPS) is 18.1. The quantitative estimate of drug-likeness (QED) is 0.0748. The lowest BCUT2D eigenvalue weighted by atomic mass is 9.83. The van der Waals surface area contributed by atoms with Gasteiger partial charge in [0.25, 0.3) is 11.5 Å². The number of benzene rings is 3. The van der Waals surface area contributed by atoms with Gasteiger partial charge in [0.2, 0.25) is 30.0 Å². The van der Waals surface area contributed by atoms with E-state index in [9.17, 15) is 42.3 Å². The predicted octanol–water partition coefficient (Wildman–Crippen LogP) is 9.48. The summed E-state index contributed by atoms with van der Waals surface area (Å²) in [5, 5.41) is 10.8. The van der Waals surface area contributed by atoms with Crippen LogP contribution in [0.15, 0.2) is 65.5 Å². The van der Waals surface area contributed by atoms with E-state index in [-0.39, 0.29) is 80.4 Å². The zero-order valence-electron chi connectivity index (χ0n) is 58.1. The first-order valence-electron chi connectivity index (χ1n) is 34.3. The third-order valence-corrected chi connectivity index (χ3v) is 18.2. The number of piperidine rings is 3. The van der Waals surface area contributed by atoms with Crippen molar-refractivity contribution in [2.24, 2.45) is 11.8 Å². The summed E-state index contributed by atoms with van der Waals surface area (Å²) < 4.78 is 35.6. The van der Waals surface area contributed by atoms with Gasteiger partial charge in [-0.25, -0.2) is 13.9 Å². The van der Waals surface area contributed by atoms with Crippen molar-refractivity contribution in [1.29, 1.82) is 0 Å². The van der Waals surface area contributed by atoms with E-state index in [0.717, 1.165) is 122 Å². The van der Waals surface area contributed by atoms with Gasteiger partial charge in [-0.05, 0) is 133 Å². The Morgan fingerprint density at radius 2 is 1.33 bits per heavy atom.